The highest BCUT2D eigenvalue weighted by molar-refractivity contribution is 7.92. The number of anilines is 2. The second-order valence-electron chi connectivity index (χ2n) is 7.15. The summed E-state index contributed by atoms with van der Waals surface area (Å²) in [6.45, 7) is 3.30. The predicted molar refractivity (Wildman–Crippen MR) is 106 cm³/mol. The number of nitrogens with one attached hydrogen (secondary N) is 1. The number of benzene rings is 1. The van der Waals surface area contributed by atoms with Crippen LogP contribution in [0.1, 0.15) is 51.3 Å². The Bertz CT molecular complexity index is 910. The molecule has 8 heteroatoms. The number of aliphatic hydroxyl groups excluding tert-OH is 1. The lowest BCUT2D eigenvalue weighted by Gasteiger charge is -2.24. The van der Waals surface area contributed by atoms with E-state index in [2.05, 4.69) is 15.3 Å². The van der Waals surface area contributed by atoms with Gasteiger partial charge >= 0.3 is 0 Å². The van der Waals surface area contributed by atoms with Crippen LogP contribution in [0.15, 0.2) is 35.4 Å². The number of sulfone groups is 1. The minimum Gasteiger partial charge on any atom is -0.393 e. The van der Waals surface area contributed by atoms with Crippen molar-refractivity contribution in [2.45, 2.75) is 61.7 Å². The molecule has 1 heterocycles. The zero-order valence-corrected chi connectivity index (χ0v) is 17.0. The van der Waals surface area contributed by atoms with Crippen molar-refractivity contribution in [3.63, 3.8) is 0 Å². The molecule has 0 amide bonds. The van der Waals surface area contributed by atoms with Crippen molar-refractivity contribution in [3.8, 4) is 0 Å². The standard InChI is InChI=1S/C19H24ClN3O3S/c1-12(2)27(25,26)17-6-4-3-5-16(17)22-19-15(20)11-21-18(23-19)13-7-9-14(24)10-8-13/h3-6,11-14,24H,7-10H2,1-2H3,(H,21,22,23). The number of hydrogen-bond acceptors (Lipinski definition) is 6. The van der Waals surface area contributed by atoms with E-state index in [-0.39, 0.29) is 16.9 Å². The average molecular weight is 410 g/mol. The maximum atomic E-state index is 12.6. The van der Waals surface area contributed by atoms with Crippen molar-refractivity contribution in [2.24, 2.45) is 0 Å². The van der Waals surface area contributed by atoms with E-state index in [1.165, 1.54) is 6.20 Å². The van der Waals surface area contributed by atoms with Crippen molar-refractivity contribution in [1.82, 2.24) is 9.97 Å². The SMILES string of the molecule is CC(C)S(=O)(=O)c1ccccc1Nc1nc(C2CCC(O)CC2)ncc1Cl. The Morgan fingerprint density at radius 1 is 1.19 bits per heavy atom. The number of aromatic nitrogens is 2. The van der Waals surface area contributed by atoms with Crippen molar-refractivity contribution >= 4 is 32.9 Å². The molecule has 0 saturated heterocycles. The first-order valence-corrected chi connectivity index (χ1v) is 11.0. The highest BCUT2D eigenvalue weighted by atomic mass is 35.5. The lowest BCUT2D eigenvalue weighted by atomic mass is 9.87. The molecule has 1 aromatic carbocycles. The van der Waals surface area contributed by atoms with Crippen molar-refractivity contribution in [3.05, 3.63) is 41.3 Å². The minimum absolute atomic E-state index is 0.167. The normalized spacial score (nSPS) is 20.6. The lowest BCUT2D eigenvalue weighted by Crippen LogP contribution is -2.19. The summed E-state index contributed by atoms with van der Waals surface area (Å²) in [5.41, 5.74) is 0.441. The first kappa shape index (κ1) is 20.0. The Hall–Kier alpha value is -1.70. The molecule has 1 fully saturated rings. The second kappa shape index (κ2) is 8.12. The molecular weight excluding hydrogens is 386 g/mol. The van der Waals surface area contributed by atoms with Crippen LogP contribution in [0.5, 0.6) is 0 Å². The molecular formula is C19H24ClN3O3S. The Balaban J connectivity index is 1.92. The highest BCUT2D eigenvalue weighted by Gasteiger charge is 2.25. The van der Waals surface area contributed by atoms with E-state index in [1.807, 2.05) is 0 Å². The number of halogens is 1. The summed E-state index contributed by atoms with van der Waals surface area (Å²) >= 11 is 6.26. The van der Waals surface area contributed by atoms with Crippen molar-refractivity contribution in [1.29, 1.82) is 0 Å². The number of hydrogen-bond donors (Lipinski definition) is 2. The number of rotatable bonds is 5. The van der Waals surface area contributed by atoms with Gasteiger partial charge in [-0.2, -0.15) is 0 Å². The van der Waals surface area contributed by atoms with E-state index in [0.717, 1.165) is 25.7 Å². The van der Waals surface area contributed by atoms with E-state index in [0.29, 0.717) is 22.4 Å². The highest BCUT2D eigenvalue weighted by Crippen LogP contribution is 2.34. The van der Waals surface area contributed by atoms with Crippen LogP contribution < -0.4 is 5.32 Å². The summed E-state index contributed by atoms with van der Waals surface area (Å²) in [4.78, 5) is 9.12. The molecule has 2 aromatic rings. The molecule has 1 aliphatic carbocycles. The summed E-state index contributed by atoms with van der Waals surface area (Å²) in [6, 6.07) is 6.74. The van der Waals surface area contributed by atoms with Gasteiger partial charge in [0, 0.05) is 5.92 Å². The Kier molecular flexibility index (Phi) is 6.03. The van der Waals surface area contributed by atoms with Gasteiger partial charge < -0.3 is 10.4 Å². The van der Waals surface area contributed by atoms with Gasteiger partial charge in [0.15, 0.2) is 15.7 Å². The monoisotopic (exact) mass is 409 g/mol. The summed E-state index contributed by atoms with van der Waals surface area (Å²) in [6.07, 6.45) is 4.39. The number of nitrogens with zero attached hydrogens (tertiary/aromatic N) is 2. The summed E-state index contributed by atoms with van der Waals surface area (Å²) in [5, 5.41) is 12.6. The fourth-order valence-corrected chi connectivity index (χ4v) is 4.54. The third kappa shape index (κ3) is 4.42. The predicted octanol–water partition coefficient (Wildman–Crippen LogP) is 4.07. The van der Waals surface area contributed by atoms with Crippen LogP contribution >= 0.6 is 11.6 Å². The van der Waals surface area contributed by atoms with Crippen LogP contribution in [0.25, 0.3) is 0 Å². The second-order valence-corrected chi connectivity index (χ2v) is 10.0. The van der Waals surface area contributed by atoms with E-state index < -0.39 is 15.1 Å². The maximum absolute atomic E-state index is 12.6. The summed E-state index contributed by atoms with van der Waals surface area (Å²) in [7, 11) is -3.45. The smallest absolute Gasteiger partial charge is 0.182 e. The van der Waals surface area contributed by atoms with Gasteiger partial charge in [0.2, 0.25) is 0 Å². The van der Waals surface area contributed by atoms with Gasteiger partial charge in [-0.25, -0.2) is 18.4 Å². The Labute approximate surface area is 164 Å². The van der Waals surface area contributed by atoms with E-state index >= 15 is 0 Å². The largest absolute Gasteiger partial charge is 0.393 e. The van der Waals surface area contributed by atoms with E-state index in [1.54, 1.807) is 38.1 Å². The van der Waals surface area contributed by atoms with Crippen LogP contribution in [0.2, 0.25) is 5.02 Å². The van der Waals surface area contributed by atoms with Gasteiger partial charge in [0.25, 0.3) is 0 Å². The number of para-hydroxylation sites is 1. The molecule has 1 saturated carbocycles. The molecule has 0 bridgehead atoms. The van der Waals surface area contributed by atoms with Gasteiger partial charge in [-0.1, -0.05) is 23.7 Å². The molecule has 1 aromatic heterocycles. The van der Waals surface area contributed by atoms with Gasteiger partial charge in [0.05, 0.1) is 28.1 Å². The molecule has 146 valence electrons. The minimum atomic E-state index is -3.45. The van der Waals surface area contributed by atoms with Crippen LogP contribution in [0.3, 0.4) is 0 Å². The molecule has 2 N–H and O–H groups in total. The topological polar surface area (TPSA) is 92.2 Å². The van der Waals surface area contributed by atoms with Crippen molar-refractivity contribution < 1.29 is 13.5 Å². The molecule has 0 radical (unpaired) electrons. The first-order valence-electron chi connectivity index (χ1n) is 9.09. The van der Waals surface area contributed by atoms with Crippen LogP contribution in [0, 0.1) is 0 Å². The molecule has 6 nitrogen and oxygen atoms in total. The Morgan fingerprint density at radius 2 is 1.85 bits per heavy atom. The quantitative estimate of drug-likeness (QED) is 0.773. The summed E-state index contributed by atoms with van der Waals surface area (Å²) in [5.74, 6) is 1.22. The van der Waals surface area contributed by atoms with E-state index in [9.17, 15) is 13.5 Å². The third-order valence-corrected chi connectivity index (χ3v) is 7.38. The third-order valence-electron chi connectivity index (χ3n) is 4.89. The zero-order chi connectivity index (χ0) is 19.6. The fourth-order valence-electron chi connectivity index (χ4n) is 3.20. The molecule has 0 spiro atoms. The van der Waals surface area contributed by atoms with Crippen molar-refractivity contribution in [2.75, 3.05) is 5.32 Å². The maximum Gasteiger partial charge on any atom is 0.182 e. The van der Waals surface area contributed by atoms with Crippen LogP contribution in [-0.2, 0) is 9.84 Å². The van der Waals surface area contributed by atoms with Gasteiger partial charge in [0.1, 0.15) is 10.8 Å². The van der Waals surface area contributed by atoms with Crippen LogP contribution in [-0.4, -0.2) is 34.8 Å². The molecule has 27 heavy (non-hydrogen) atoms. The molecule has 3 rings (SSSR count). The van der Waals surface area contributed by atoms with Crippen LogP contribution in [0.4, 0.5) is 11.5 Å². The lowest BCUT2D eigenvalue weighted by molar-refractivity contribution is 0.121. The average Bonchev–Trinajstić information content (AvgIpc) is 2.64. The fraction of sp³-hybridized carbons (Fsp3) is 0.474. The molecule has 0 aliphatic heterocycles. The first-order chi connectivity index (χ1) is 12.8. The van der Waals surface area contributed by atoms with Gasteiger partial charge in [-0.05, 0) is 51.7 Å². The number of aliphatic hydroxyl groups is 1. The molecule has 1 aliphatic rings. The van der Waals surface area contributed by atoms with Gasteiger partial charge in [-0.3, -0.25) is 0 Å². The van der Waals surface area contributed by atoms with E-state index in [4.69, 9.17) is 11.6 Å². The zero-order valence-electron chi connectivity index (χ0n) is 15.4. The molecule has 0 atom stereocenters. The Morgan fingerprint density at radius 3 is 2.52 bits per heavy atom. The summed E-state index contributed by atoms with van der Waals surface area (Å²) < 4.78 is 25.3. The molecule has 0 unspecified atom stereocenters. The van der Waals surface area contributed by atoms with Gasteiger partial charge in [-0.15, -0.1) is 0 Å².